The van der Waals surface area contributed by atoms with E-state index in [1.54, 1.807) is 27.9 Å². The summed E-state index contributed by atoms with van der Waals surface area (Å²) in [6, 6.07) is -0.307. The Morgan fingerprint density at radius 3 is 2.39 bits per heavy atom. The number of ketones is 1. The lowest BCUT2D eigenvalue weighted by Gasteiger charge is -2.23. The van der Waals surface area contributed by atoms with E-state index in [2.05, 4.69) is 5.32 Å². The molecule has 1 amide bonds. The Morgan fingerprint density at radius 2 is 1.94 bits per heavy atom. The standard InChI is InChI=1S/C13H23NO4/c1-13(2,3)18-12(16)14-10(8-17-4)7-11(15)9-5-6-9/h9-10H,5-8H2,1-4H3,(H,14,16). The largest absolute Gasteiger partial charge is 0.444 e. The summed E-state index contributed by atoms with van der Waals surface area (Å²) in [5.74, 6) is 0.401. The minimum Gasteiger partial charge on any atom is -0.444 e. The lowest BCUT2D eigenvalue weighted by atomic mass is 10.1. The van der Waals surface area contributed by atoms with Crippen molar-refractivity contribution in [1.29, 1.82) is 0 Å². The highest BCUT2D eigenvalue weighted by Gasteiger charge is 2.31. The Labute approximate surface area is 108 Å². The summed E-state index contributed by atoms with van der Waals surface area (Å²) >= 11 is 0. The third kappa shape index (κ3) is 6.00. The van der Waals surface area contributed by atoms with E-state index in [9.17, 15) is 9.59 Å². The van der Waals surface area contributed by atoms with Crippen LogP contribution in [-0.4, -0.2) is 37.2 Å². The van der Waals surface area contributed by atoms with Gasteiger partial charge in [-0.05, 0) is 33.6 Å². The van der Waals surface area contributed by atoms with Gasteiger partial charge in [0.2, 0.25) is 0 Å². The molecule has 0 radical (unpaired) electrons. The van der Waals surface area contributed by atoms with Gasteiger partial charge in [0.25, 0.3) is 0 Å². The van der Waals surface area contributed by atoms with Crippen molar-refractivity contribution in [3.8, 4) is 0 Å². The first-order valence-electron chi connectivity index (χ1n) is 6.33. The highest BCUT2D eigenvalue weighted by molar-refractivity contribution is 5.84. The molecule has 1 rings (SSSR count). The van der Waals surface area contributed by atoms with Gasteiger partial charge in [-0.1, -0.05) is 0 Å². The van der Waals surface area contributed by atoms with E-state index < -0.39 is 11.7 Å². The van der Waals surface area contributed by atoms with E-state index in [1.807, 2.05) is 0 Å². The van der Waals surface area contributed by atoms with Crippen LogP contribution in [0, 0.1) is 5.92 Å². The van der Waals surface area contributed by atoms with E-state index >= 15 is 0 Å². The molecule has 1 fully saturated rings. The molecular weight excluding hydrogens is 234 g/mol. The van der Waals surface area contributed by atoms with Crippen molar-refractivity contribution in [2.75, 3.05) is 13.7 Å². The number of hydrogen-bond acceptors (Lipinski definition) is 4. The van der Waals surface area contributed by atoms with Crippen LogP contribution in [0.4, 0.5) is 4.79 Å². The number of rotatable bonds is 6. The summed E-state index contributed by atoms with van der Waals surface area (Å²) in [6.45, 7) is 5.71. The van der Waals surface area contributed by atoms with Gasteiger partial charge in [0.15, 0.2) is 0 Å². The molecule has 0 aliphatic heterocycles. The molecule has 1 unspecified atom stereocenters. The van der Waals surface area contributed by atoms with E-state index in [4.69, 9.17) is 9.47 Å². The molecule has 0 bridgehead atoms. The second-order valence-corrected chi connectivity index (χ2v) is 5.74. The number of amides is 1. The molecule has 5 heteroatoms. The molecule has 1 saturated carbocycles. The second-order valence-electron chi connectivity index (χ2n) is 5.74. The highest BCUT2D eigenvalue weighted by atomic mass is 16.6. The number of nitrogens with one attached hydrogen (secondary N) is 1. The highest BCUT2D eigenvalue weighted by Crippen LogP contribution is 2.31. The van der Waals surface area contributed by atoms with Crippen molar-refractivity contribution in [2.24, 2.45) is 5.92 Å². The number of Topliss-reactive ketones (excluding diaryl/α,β-unsaturated/α-hetero) is 1. The number of alkyl carbamates (subject to hydrolysis) is 1. The predicted molar refractivity (Wildman–Crippen MR) is 67.4 cm³/mol. The van der Waals surface area contributed by atoms with Gasteiger partial charge < -0.3 is 14.8 Å². The van der Waals surface area contributed by atoms with Crippen LogP contribution in [0.25, 0.3) is 0 Å². The summed E-state index contributed by atoms with van der Waals surface area (Å²) in [5, 5.41) is 2.68. The minimum atomic E-state index is -0.539. The number of carbonyl (C=O) groups is 2. The zero-order valence-corrected chi connectivity index (χ0v) is 11.6. The van der Waals surface area contributed by atoms with Crippen LogP contribution in [-0.2, 0) is 14.3 Å². The van der Waals surface area contributed by atoms with Crippen molar-refractivity contribution in [3.05, 3.63) is 0 Å². The molecule has 104 valence electrons. The van der Waals surface area contributed by atoms with Gasteiger partial charge in [0.05, 0.1) is 12.6 Å². The van der Waals surface area contributed by atoms with Crippen LogP contribution in [0.15, 0.2) is 0 Å². The predicted octanol–water partition coefficient (Wildman–Crippen LogP) is 1.90. The van der Waals surface area contributed by atoms with E-state index in [0.29, 0.717) is 13.0 Å². The Morgan fingerprint density at radius 1 is 1.33 bits per heavy atom. The molecule has 0 heterocycles. The van der Waals surface area contributed by atoms with E-state index in [-0.39, 0.29) is 17.7 Å². The van der Waals surface area contributed by atoms with Crippen molar-refractivity contribution in [2.45, 2.75) is 51.7 Å². The maximum absolute atomic E-state index is 11.7. The monoisotopic (exact) mass is 257 g/mol. The Balaban J connectivity index is 2.40. The number of methoxy groups -OCH3 is 1. The van der Waals surface area contributed by atoms with Crippen LogP contribution in [0.5, 0.6) is 0 Å². The van der Waals surface area contributed by atoms with Crippen LogP contribution in [0.1, 0.15) is 40.0 Å². The van der Waals surface area contributed by atoms with Gasteiger partial charge in [0.1, 0.15) is 11.4 Å². The molecule has 0 aromatic heterocycles. The lowest BCUT2D eigenvalue weighted by Crippen LogP contribution is -2.42. The SMILES string of the molecule is COCC(CC(=O)C1CC1)NC(=O)OC(C)(C)C. The van der Waals surface area contributed by atoms with Crippen molar-refractivity contribution >= 4 is 11.9 Å². The molecular formula is C13H23NO4. The minimum absolute atomic E-state index is 0.199. The van der Waals surface area contributed by atoms with Gasteiger partial charge in [-0.25, -0.2) is 4.79 Å². The maximum atomic E-state index is 11.7. The fraction of sp³-hybridized carbons (Fsp3) is 0.846. The number of ether oxygens (including phenoxy) is 2. The Kier molecular flexibility index (Phi) is 5.14. The van der Waals surface area contributed by atoms with Gasteiger partial charge in [-0.15, -0.1) is 0 Å². The molecule has 0 saturated heterocycles. The summed E-state index contributed by atoms with van der Waals surface area (Å²) < 4.78 is 10.2. The van der Waals surface area contributed by atoms with Crippen LogP contribution >= 0.6 is 0 Å². The first-order valence-corrected chi connectivity index (χ1v) is 6.33. The smallest absolute Gasteiger partial charge is 0.407 e. The molecule has 0 aromatic carbocycles. The van der Waals surface area contributed by atoms with Crippen molar-refractivity contribution in [3.63, 3.8) is 0 Å². The van der Waals surface area contributed by atoms with Gasteiger partial charge in [0, 0.05) is 19.4 Å². The van der Waals surface area contributed by atoms with E-state index in [1.165, 1.54) is 0 Å². The third-order valence-electron chi connectivity index (χ3n) is 2.57. The molecule has 0 spiro atoms. The molecule has 1 atom stereocenters. The summed E-state index contributed by atoms with van der Waals surface area (Å²) in [7, 11) is 1.55. The van der Waals surface area contributed by atoms with E-state index in [0.717, 1.165) is 12.8 Å². The number of carbonyl (C=O) groups excluding carboxylic acids is 2. The molecule has 0 aromatic rings. The van der Waals surface area contributed by atoms with Crippen molar-refractivity contribution in [1.82, 2.24) is 5.32 Å². The van der Waals surface area contributed by atoms with Crippen molar-refractivity contribution < 1.29 is 19.1 Å². The zero-order valence-electron chi connectivity index (χ0n) is 11.6. The fourth-order valence-electron chi connectivity index (χ4n) is 1.64. The molecule has 1 aliphatic rings. The van der Waals surface area contributed by atoms with Gasteiger partial charge >= 0.3 is 6.09 Å². The maximum Gasteiger partial charge on any atom is 0.407 e. The van der Waals surface area contributed by atoms with Crippen LogP contribution in [0.2, 0.25) is 0 Å². The summed E-state index contributed by atoms with van der Waals surface area (Å²) in [4.78, 5) is 23.3. The molecule has 1 N–H and O–H groups in total. The number of hydrogen-bond donors (Lipinski definition) is 1. The zero-order chi connectivity index (χ0) is 13.8. The second kappa shape index (κ2) is 6.18. The lowest BCUT2D eigenvalue weighted by molar-refractivity contribution is -0.121. The van der Waals surface area contributed by atoms with Gasteiger partial charge in [-0.2, -0.15) is 0 Å². The summed E-state index contributed by atoms with van der Waals surface area (Å²) in [6.07, 6.45) is 1.77. The molecule has 1 aliphatic carbocycles. The fourth-order valence-corrected chi connectivity index (χ4v) is 1.64. The Hall–Kier alpha value is -1.10. The quantitative estimate of drug-likeness (QED) is 0.789. The Bertz CT molecular complexity index is 305. The first kappa shape index (κ1) is 15.0. The summed E-state index contributed by atoms with van der Waals surface area (Å²) in [5.41, 5.74) is -0.539. The van der Waals surface area contributed by atoms with Crippen LogP contribution in [0.3, 0.4) is 0 Å². The average molecular weight is 257 g/mol. The first-order chi connectivity index (χ1) is 8.31. The third-order valence-corrected chi connectivity index (χ3v) is 2.57. The molecule has 5 nitrogen and oxygen atoms in total. The average Bonchev–Trinajstić information content (AvgIpc) is 2.96. The topological polar surface area (TPSA) is 64.6 Å². The van der Waals surface area contributed by atoms with Gasteiger partial charge in [-0.3, -0.25) is 4.79 Å². The van der Waals surface area contributed by atoms with Crippen LogP contribution < -0.4 is 5.32 Å². The molecule has 18 heavy (non-hydrogen) atoms. The normalized spacial score (nSPS) is 17.1.